The van der Waals surface area contributed by atoms with Gasteiger partial charge >= 0.3 is 212 Å². The monoisotopic (exact) mass is 616 g/mol. The summed E-state index contributed by atoms with van der Waals surface area (Å²) in [6.45, 7) is 21.5. The largest absolute Gasteiger partial charge is 0.147 e. The average molecular weight is 619 g/mol. The molecule has 0 fully saturated rings. The molecule has 2 aliphatic rings. The minimum atomic E-state index is -4.19. The minimum absolute atomic E-state index is 0. The topological polar surface area (TPSA) is 0 Å². The predicted octanol–water partition coefficient (Wildman–Crippen LogP) is 8.02. The van der Waals surface area contributed by atoms with Crippen LogP contribution in [-0.2, 0) is 17.4 Å². The van der Waals surface area contributed by atoms with E-state index in [1.165, 1.54) is 11.1 Å². The van der Waals surface area contributed by atoms with Crippen LogP contribution in [0.4, 0.5) is 0 Å². The molecule has 0 radical (unpaired) electrons. The van der Waals surface area contributed by atoms with Crippen molar-refractivity contribution < 1.29 is 17.4 Å². The van der Waals surface area contributed by atoms with Crippen LogP contribution in [0, 0.1) is 10.8 Å². The van der Waals surface area contributed by atoms with E-state index in [4.69, 9.17) is 0 Å². The van der Waals surface area contributed by atoms with Crippen LogP contribution in [0.1, 0.15) is 68.2 Å². The molecule has 2 aromatic rings. The number of benzene rings is 2. The fraction of sp³-hybridized carbons (Fsp3) is 0.375. The molecule has 0 spiro atoms. The van der Waals surface area contributed by atoms with Gasteiger partial charge in [-0.05, 0) is 0 Å². The number of hydrogen-bond acceptors (Lipinski definition) is 0. The molecule has 0 nitrogen and oxygen atoms in total. The Labute approximate surface area is 234 Å². The van der Waals surface area contributed by atoms with Crippen molar-refractivity contribution in [1.29, 1.82) is 0 Å². The Hall–Kier alpha value is -0.920. The third-order valence-corrected chi connectivity index (χ3v) is 35.7. The summed E-state index contributed by atoms with van der Waals surface area (Å²) in [6.07, 6.45) is 7.28. The Morgan fingerprint density at radius 2 is 0.889 bits per heavy atom. The summed E-state index contributed by atoms with van der Waals surface area (Å²) in [4.78, 5) is 0. The molecule has 194 valence electrons. The molecule has 0 N–H and O–H groups in total. The summed E-state index contributed by atoms with van der Waals surface area (Å²) < 4.78 is 6.67. The van der Waals surface area contributed by atoms with Crippen LogP contribution in [0.2, 0.25) is 0 Å². The van der Waals surface area contributed by atoms with Crippen LogP contribution >= 0.6 is 24.8 Å². The molecular weight excluding hydrogens is 575 g/mol. The molecule has 0 atom stereocenters. The normalized spacial score (nSPS) is 16.9. The fourth-order valence-corrected chi connectivity index (χ4v) is 31.1. The molecule has 0 unspecified atom stereocenters. The first-order valence-corrected chi connectivity index (χ1v) is 23.6. The van der Waals surface area contributed by atoms with E-state index in [-0.39, 0.29) is 35.6 Å². The second kappa shape index (κ2) is 10.7. The molecule has 4 heteroatoms. The zero-order valence-electron chi connectivity index (χ0n) is 23.4. The van der Waals surface area contributed by atoms with Gasteiger partial charge in [0.1, 0.15) is 0 Å². The molecule has 0 amide bonds. The van der Waals surface area contributed by atoms with Gasteiger partial charge in [-0.15, -0.1) is 24.8 Å². The Bertz CT molecular complexity index is 1210. The van der Waals surface area contributed by atoms with Gasteiger partial charge in [-0.3, -0.25) is 0 Å². The Balaban J connectivity index is 0.00000228. The van der Waals surface area contributed by atoms with Gasteiger partial charge in [0.05, 0.1) is 0 Å². The first-order valence-electron chi connectivity index (χ1n) is 12.7. The molecule has 36 heavy (non-hydrogen) atoms. The van der Waals surface area contributed by atoms with Gasteiger partial charge in [-0.25, -0.2) is 0 Å². The summed E-state index contributed by atoms with van der Waals surface area (Å²) in [5.41, 5.74) is 6.56. The molecule has 0 aromatic heterocycles. The van der Waals surface area contributed by atoms with Crippen molar-refractivity contribution in [2.75, 3.05) is 0 Å². The summed E-state index contributed by atoms with van der Waals surface area (Å²) in [7, 11) is 0. The maximum absolute atomic E-state index is 4.19. The van der Waals surface area contributed by atoms with Crippen LogP contribution in [0.5, 0.6) is 0 Å². The van der Waals surface area contributed by atoms with Crippen LogP contribution in [0.15, 0.2) is 102 Å². The van der Waals surface area contributed by atoms with E-state index in [9.17, 15) is 0 Å². The first kappa shape index (κ1) is 31.3. The average Bonchev–Trinajstić information content (AvgIpc) is 3.38. The number of hydrogen-bond donors (Lipinski definition) is 0. The zero-order valence-corrected chi connectivity index (χ0v) is 28.9. The van der Waals surface area contributed by atoms with Crippen molar-refractivity contribution in [2.24, 2.45) is 10.8 Å². The van der Waals surface area contributed by atoms with E-state index >= 15 is 0 Å². The minimum Gasteiger partial charge on any atom is -0.147 e. The smallest absolute Gasteiger partial charge is 0.147 e. The molecule has 0 heterocycles. The van der Waals surface area contributed by atoms with Crippen LogP contribution in [0.25, 0.3) is 0 Å². The van der Waals surface area contributed by atoms with Gasteiger partial charge in [0.2, 0.25) is 0 Å². The summed E-state index contributed by atoms with van der Waals surface area (Å²) in [5, 5.41) is 0. The number of allylic oxidation sites excluding steroid dienone is 8. The molecule has 2 aliphatic carbocycles. The quantitative estimate of drug-likeness (QED) is 0.305. The zero-order chi connectivity index (χ0) is 25.0. The van der Waals surface area contributed by atoms with Gasteiger partial charge in [-0.2, -0.15) is 0 Å². The van der Waals surface area contributed by atoms with E-state index in [1.54, 1.807) is 24.3 Å². The third kappa shape index (κ3) is 4.93. The maximum Gasteiger partial charge on any atom is -0.147 e. The van der Waals surface area contributed by atoms with Crippen molar-refractivity contribution in [1.82, 2.24) is 0 Å². The standard InChI is InChI=1S/2C10H15.2C6H5.2ClH.H2Si.Zr/c2*1-8-5-6-9(7-8)10(2,3)4;2*1-2-4-6-5-3-1;;;;/h2*7H,6H2,1-4H3;2*1-5H;2*1H;1H2;. The maximum atomic E-state index is 2.53. The van der Waals surface area contributed by atoms with E-state index in [1.807, 2.05) is 0 Å². The van der Waals surface area contributed by atoms with E-state index < -0.39 is 17.4 Å². The predicted molar refractivity (Wildman–Crippen MR) is 165 cm³/mol. The van der Waals surface area contributed by atoms with Crippen molar-refractivity contribution in [3.05, 3.63) is 102 Å². The second-order valence-corrected chi connectivity index (χ2v) is 34.0. The SMILES string of the molecule is CC1=[C]([Zr](=[SiH2])([C]2=C(C)C=C(C(C)(C)C)C2)([c]2ccccc2)[c]2ccccc2)CC(C(C)(C)C)=C1.Cl.Cl. The number of rotatable bonds is 4. The summed E-state index contributed by atoms with van der Waals surface area (Å²) in [5.74, 6) is 0. The molecule has 0 saturated heterocycles. The summed E-state index contributed by atoms with van der Waals surface area (Å²) >= 11 is -4.19. The first-order chi connectivity index (χ1) is 15.8. The van der Waals surface area contributed by atoms with Crippen LogP contribution in [-0.4, -0.2) is 6.88 Å². The molecular formula is C32H44Cl2SiZr. The Morgan fingerprint density at radius 1 is 0.583 bits per heavy atom. The Kier molecular flexibility index (Phi) is 9.29. The van der Waals surface area contributed by atoms with E-state index in [2.05, 4.69) is 135 Å². The molecule has 0 saturated carbocycles. The van der Waals surface area contributed by atoms with Crippen molar-refractivity contribution in [3.63, 3.8) is 0 Å². The molecule has 0 aliphatic heterocycles. The van der Waals surface area contributed by atoms with Crippen LogP contribution in [0.3, 0.4) is 0 Å². The Morgan fingerprint density at radius 3 is 1.14 bits per heavy atom. The fourth-order valence-electron chi connectivity index (χ4n) is 6.34. The third-order valence-electron chi connectivity index (χ3n) is 8.55. The van der Waals surface area contributed by atoms with E-state index in [0.717, 1.165) is 12.8 Å². The second-order valence-electron chi connectivity index (χ2n) is 12.7. The molecule has 0 bridgehead atoms. The van der Waals surface area contributed by atoms with Gasteiger partial charge in [-0.1, -0.05) is 0 Å². The van der Waals surface area contributed by atoms with Crippen molar-refractivity contribution >= 4 is 38.2 Å². The van der Waals surface area contributed by atoms with E-state index in [0.29, 0.717) is 0 Å². The van der Waals surface area contributed by atoms with Gasteiger partial charge in [0.15, 0.2) is 0 Å². The van der Waals surface area contributed by atoms with Gasteiger partial charge in [0, 0.05) is 0 Å². The molecule has 4 rings (SSSR count). The van der Waals surface area contributed by atoms with Crippen molar-refractivity contribution in [2.45, 2.75) is 68.2 Å². The summed E-state index contributed by atoms with van der Waals surface area (Å²) in [6, 6.07) is 23.3. The van der Waals surface area contributed by atoms with Crippen molar-refractivity contribution in [3.8, 4) is 0 Å². The number of halogens is 2. The van der Waals surface area contributed by atoms with Crippen LogP contribution < -0.4 is 6.54 Å². The van der Waals surface area contributed by atoms with Gasteiger partial charge < -0.3 is 0 Å². The molecule has 2 aromatic carbocycles. The van der Waals surface area contributed by atoms with Gasteiger partial charge in [0.25, 0.3) is 0 Å².